The monoisotopic (exact) mass is 282 g/mol. The van der Waals surface area contributed by atoms with Gasteiger partial charge in [0.2, 0.25) is 5.91 Å². The summed E-state index contributed by atoms with van der Waals surface area (Å²) < 4.78 is 27.3. The van der Waals surface area contributed by atoms with Crippen LogP contribution in [0.15, 0.2) is 18.2 Å². The van der Waals surface area contributed by atoms with Crippen LogP contribution in [-0.2, 0) is 11.3 Å². The van der Waals surface area contributed by atoms with Gasteiger partial charge in [0.15, 0.2) is 0 Å². The van der Waals surface area contributed by atoms with E-state index in [9.17, 15) is 13.6 Å². The highest BCUT2D eigenvalue weighted by atomic mass is 19.1. The molecule has 1 aromatic carbocycles. The van der Waals surface area contributed by atoms with E-state index in [1.807, 2.05) is 6.92 Å². The van der Waals surface area contributed by atoms with E-state index in [1.165, 1.54) is 23.1 Å². The Morgan fingerprint density at radius 1 is 1.40 bits per heavy atom. The van der Waals surface area contributed by atoms with Gasteiger partial charge in [0, 0.05) is 18.7 Å². The molecule has 1 atom stereocenters. The summed E-state index contributed by atoms with van der Waals surface area (Å²) in [5.41, 5.74) is -0.0357. The largest absolute Gasteiger partial charge is 0.338 e. The van der Waals surface area contributed by atoms with Crippen LogP contribution in [0.4, 0.5) is 8.78 Å². The lowest BCUT2D eigenvalue weighted by atomic mass is 9.98. The third-order valence-corrected chi connectivity index (χ3v) is 3.75. The highest BCUT2D eigenvalue weighted by Crippen LogP contribution is 2.18. The minimum Gasteiger partial charge on any atom is -0.338 e. The predicted octanol–water partition coefficient (Wildman–Crippen LogP) is 2.31. The summed E-state index contributed by atoms with van der Waals surface area (Å²) in [7, 11) is 0. The summed E-state index contributed by atoms with van der Waals surface area (Å²) in [6.45, 7) is 3.84. The normalized spacial score (nSPS) is 18.9. The Kier molecular flexibility index (Phi) is 5.06. The van der Waals surface area contributed by atoms with E-state index in [0.717, 1.165) is 19.4 Å². The first-order valence-electron chi connectivity index (χ1n) is 7.06. The Morgan fingerprint density at radius 3 is 2.65 bits per heavy atom. The van der Waals surface area contributed by atoms with E-state index < -0.39 is 11.6 Å². The molecule has 1 aliphatic heterocycles. The summed E-state index contributed by atoms with van der Waals surface area (Å²) in [5, 5.41) is 3.19. The Labute approximate surface area is 118 Å². The zero-order valence-corrected chi connectivity index (χ0v) is 11.7. The molecule has 0 bridgehead atoms. The molecule has 1 aromatic rings. The topological polar surface area (TPSA) is 32.3 Å². The van der Waals surface area contributed by atoms with Gasteiger partial charge in [0.05, 0.1) is 12.5 Å². The Bertz CT molecular complexity index is 453. The van der Waals surface area contributed by atoms with Gasteiger partial charge in [-0.25, -0.2) is 8.78 Å². The predicted molar refractivity (Wildman–Crippen MR) is 73.0 cm³/mol. The fourth-order valence-electron chi connectivity index (χ4n) is 2.54. The summed E-state index contributed by atoms with van der Waals surface area (Å²) in [5.74, 6) is -1.31. The van der Waals surface area contributed by atoms with Crippen molar-refractivity contribution in [1.29, 1.82) is 0 Å². The first-order chi connectivity index (χ1) is 9.63. The first-order valence-corrected chi connectivity index (χ1v) is 7.06. The van der Waals surface area contributed by atoms with Crippen molar-refractivity contribution in [2.75, 3.05) is 19.6 Å². The molecule has 0 aromatic heterocycles. The second-order valence-corrected chi connectivity index (χ2v) is 5.10. The van der Waals surface area contributed by atoms with Crippen molar-refractivity contribution in [2.24, 2.45) is 5.92 Å². The van der Waals surface area contributed by atoms with E-state index in [0.29, 0.717) is 13.1 Å². The molecule has 0 saturated carbocycles. The molecular formula is C15H20F2N2O. The maximum atomic E-state index is 13.7. The highest BCUT2D eigenvalue weighted by Gasteiger charge is 2.26. The minimum atomic E-state index is -0.599. The first kappa shape index (κ1) is 14.9. The van der Waals surface area contributed by atoms with E-state index in [-0.39, 0.29) is 23.9 Å². The smallest absolute Gasteiger partial charge is 0.227 e. The van der Waals surface area contributed by atoms with E-state index >= 15 is 0 Å². The molecule has 0 radical (unpaired) electrons. The molecule has 1 fully saturated rings. The summed E-state index contributed by atoms with van der Waals surface area (Å²) in [6.07, 6.45) is 1.80. The van der Waals surface area contributed by atoms with Gasteiger partial charge in [-0.2, -0.15) is 0 Å². The van der Waals surface area contributed by atoms with Gasteiger partial charge in [0.25, 0.3) is 0 Å². The Hall–Kier alpha value is -1.49. The van der Waals surface area contributed by atoms with Crippen molar-refractivity contribution in [1.82, 2.24) is 10.2 Å². The van der Waals surface area contributed by atoms with Crippen LogP contribution in [0.2, 0.25) is 0 Å². The van der Waals surface area contributed by atoms with E-state index in [2.05, 4.69) is 5.32 Å². The van der Waals surface area contributed by atoms with Crippen molar-refractivity contribution < 1.29 is 13.6 Å². The number of carbonyl (C=O) groups is 1. The average molecular weight is 282 g/mol. The maximum absolute atomic E-state index is 13.7. The summed E-state index contributed by atoms with van der Waals surface area (Å²) in [6, 6.07) is 3.77. The number of benzene rings is 1. The van der Waals surface area contributed by atoms with Crippen LogP contribution in [-0.4, -0.2) is 30.4 Å². The van der Waals surface area contributed by atoms with Crippen LogP contribution < -0.4 is 5.32 Å². The Morgan fingerprint density at radius 2 is 2.10 bits per heavy atom. The molecule has 20 heavy (non-hydrogen) atoms. The number of halogens is 2. The molecular weight excluding hydrogens is 262 g/mol. The van der Waals surface area contributed by atoms with Gasteiger partial charge < -0.3 is 10.2 Å². The van der Waals surface area contributed by atoms with E-state index in [1.54, 1.807) is 0 Å². The van der Waals surface area contributed by atoms with E-state index in [4.69, 9.17) is 0 Å². The Balaban J connectivity index is 2.10. The molecule has 0 spiro atoms. The quantitative estimate of drug-likeness (QED) is 0.919. The van der Waals surface area contributed by atoms with Crippen molar-refractivity contribution in [3.8, 4) is 0 Å². The van der Waals surface area contributed by atoms with Gasteiger partial charge in [-0.05, 0) is 38.4 Å². The molecule has 2 rings (SSSR count). The standard InChI is InChI=1S/C15H20F2N2O/c1-2-19(15(20)11-5-4-8-18-9-11)10-12-13(16)6-3-7-14(12)17/h3,6-7,11,18H,2,4-5,8-10H2,1H3. The van der Waals surface area contributed by atoms with Gasteiger partial charge in [-0.15, -0.1) is 0 Å². The van der Waals surface area contributed by atoms with Crippen LogP contribution in [0, 0.1) is 17.6 Å². The summed E-state index contributed by atoms with van der Waals surface area (Å²) >= 11 is 0. The number of hydrogen-bond acceptors (Lipinski definition) is 2. The molecule has 1 unspecified atom stereocenters. The fraction of sp³-hybridized carbons (Fsp3) is 0.533. The van der Waals surface area contributed by atoms with Gasteiger partial charge >= 0.3 is 0 Å². The average Bonchev–Trinajstić information content (AvgIpc) is 2.47. The number of nitrogens with zero attached hydrogens (tertiary/aromatic N) is 1. The molecule has 1 aliphatic rings. The zero-order valence-electron chi connectivity index (χ0n) is 11.7. The third kappa shape index (κ3) is 3.33. The van der Waals surface area contributed by atoms with Crippen molar-refractivity contribution in [3.05, 3.63) is 35.4 Å². The lowest BCUT2D eigenvalue weighted by Crippen LogP contribution is -2.42. The number of piperidine rings is 1. The molecule has 3 nitrogen and oxygen atoms in total. The summed E-state index contributed by atoms with van der Waals surface area (Å²) in [4.78, 5) is 13.9. The molecule has 110 valence electrons. The zero-order chi connectivity index (χ0) is 14.5. The van der Waals surface area contributed by atoms with Gasteiger partial charge in [-0.3, -0.25) is 4.79 Å². The van der Waals surface area contributed by atoms with Crippen molar-refractivity contribution in [2.45, 2.75) is 26.3 Å². The van der Waals surface area contributed by atoms with Crippen molar-refractivity contribution in [3.63, 3.8) is 0 Å². The van der Waals surface area contributed by atoms with Crippen LogP contribution in [0.5, 0.6) is 0 Å². The van der Waals surface area contributed by atoms with Crippen molar-refractivity contribution >= 4 is 5.91 Å². The molecule has 1 N–H and O–H groups in total. The molecule has 1 heterocycles. The number of carbonyl (C=O) groups excluding carboxylic acids is 1. The molecule has 5 heteroatoms. The second kappa shape index (κ2) is 6.79. The molecule has 0 aliphatic carbocycles. The minimum absolute atomic E-state index is 0.00958. The third-order valence-electron chi connectivity index (χ3n) is 3.75. The number of amides is 1. The number of rotatable bonds is 4. The number of hydrogen-bond donors (Lipinski definition) is 1. The van der Waals surface area contributed by atoms with Gasteiger partial charge in [-0.1, -0.05) is 6.07 Å². The highest BCUT2D eigenvalue weighted by molar-refractivity contribution is 5.79. The van der Waals surface area contributed by atoms with Crippen LogP contribution in [0.3, 0.4) is 0 Å². The van der Waals surface area contributed by atoms with Crippen LogP contribution >= 0.6 is 0 Å². The fourth-order valence-corrected chi connectivity index (χ4v) is 2.54. The lowest BCUT2D eigenvalue weighted by molar-refractivity contribution is -0.136. The SMILES string of the molecule is CCN(Cc1c(F)cccc1F)C(=O)C1CCCNC1. The second-order valence-electron chi connectivity index (χ2n) is 5.10. The number of nitrogens with one attached hydrogen (secondary N) is 1. The van der Waals surface area contributed by atoms with Gasteiger partial charge in [0.1, 0.15) is 11.6 Å². The van der Waals surface area contributed by atoms with Crippen LogP contribution in [0.25, 0.3) is 0 Å². The lowest BCUT2D eigenvalue weighted by Gasteiger charge is -2.29. The molecule has 1 saturated heterocycles. The maximum Gasteiger partial charge on any atom is 0.227 e. The molecule has 1 amide bonds. The van der Waals surface area contributed by atoms with Crippen LogP contribution in [0.1, 0.15) is 25.3 Å².